The summed E-state index contributed by atoms with van der Waals surface area (Å²) in [4.78, 5) is 15.6. The van der Waals surface area contributed by atoms with E-state index in [1.54, 1.807) is 12.1 Å². The minimum absolute atomic E-state index is 0.208. The Hall–Kier alpha value is -1.33. The van der Waals surface area contributed by atoms with E-state index < -0.39 is 12.0 Å². The first-order valence-electron chi connectivity index (χ1n) is 5.80. The van der Waals surface area contributed by atoms with E-state index in [0.29, 0.717) is 5.76 Å². The molecule has 1 aromatic heterocycles. The van der Waals surface area contributed by atoms with Crippen molar-refractivity contribution in [2.45, 2.75) is 19.0 Å². The molecule has 1 N–H and O–H groups in total. The molecular formula is C12H18N2O3. The van der Waals surface area contributed by atoms with E-state index in [1.165, 1.54) is 6.26 Å². The molecule has 94 valence electrons. The fourth-order valence-corrected chi connectivity index (χ4v) is 2.41. The number of nitrogens with zero attached hydrogens (tertiary/aromatic N) is 2. The molecule has 5 nitrogen and oxygen atoms in total. The van der Waals surface area contributed by atoms with Gasteiger partial charge in [0, 0.05) is 25.7 Å². The molecule has 1 aliphatic heterocycles. The fourth-order valence-electron chi connectivity index (χ4n) is 2.41. The van der Waals surface area contributed by atoms with Crippen molar-refractivity contribution in [3.8, 4) is 0 Å². The summed E-state index contributed by atoms with van der Waals surface area (Å²) in [7, 11) is 2.05. The molecule has 0 spiro atoms. The topological polar surface area (TPSA) is 56.9 Å². The van der Waals surface area contributed by atoms with Gasteiger partial charge in [-0.05, 0) is 26.1 Å². The monoisotopic (exact) mass is 238 g/mol. The molecule has 1 aromatic rings. The standard InChI is InChI=1S/C12H18N2O3/c1-9-8-13(2)5-6-14(9)11(12(15)16)10-4-3-7-17-10/h3-4,7,9,11H,5-6,8H2,1-2H3,(H,15,16). The van der Waals surface area contributed by atoms with E-state index in [9.17, 15) is 9.90 Å². The maximum absolute atomic E-state index is 11.4. The third-order valence-corrected chi connectivity index (χ3v) is 3.26. The Labute approximate surface area is 101 Å². The second kappa shape index (κ2) is 4.89. The molecule has 0 amide bonds. The van der Waals surface area contributed by atoms with Gasteiger partial charge >= 0.3 is 5.97 Å². The average molecular weight is 238 g/mol. The van der Waals surface area contributed by atoms with Gasteiger partial charge in [0.05, 0.1) is 6.26 Å². The molecule has 0 radical (unpaired) electrons. The Kier molecular flexibility index (Phi) is 3.49. The molecule has 5 heteroatoms. The first-order valence-corrected chi connectivity index (χ1v) is 5.80. The van der Waals surface area contributed by atoms with E-state index in [2.05, 4.69) is 18.9 Å². The van der Waals surface area contributed by atoms with Crippen LogP contribution in [0.25, 0.3) is 0 Å². The molecule has 0 saturated carbocycles. The number of rotatable bonds is 3. The zero-order chi connectivity index (χ0) is 12.4. The van der Waals surface area contributed by atoms with Crippen molar-refractivity contribution in [3.05, 3.63) is 24.2 Å². The molecule has 1 fully saturated rings. The predicted molar refractivity (Wildman–Crippen MR) is 62.7 cm³/mol. The highest BCUT2D eigenvalue weighted by molar-refractivity contribution is 5.74. The normalized spacial score (nSPS) is 24.7. The fraction of sp³-hybridized carbons (Fsp3) is 0.583. The third kappa shape index (κ3) is 2.50. The van der Waals surface area contributed by atoms with Crippen LogP contribution in [0.1, 0.15) is 18.7 Å². The summed E-state index contributed by atoms with van der Waals surface area (Å²) in [5, 5.41) is 9.37. The Morgan fingerprint density at radius 2 is 2.35 bits per heavy atom. The zero-order valence-corrected chi connectivity index (χ0v) is 10.2. The van der Waals surface area contributed by atoms with Gasteiger partial charge in [-0.25, -0.2) is 0 Å². The Morgan fingerprint density at radius 3 is 2.88 bits per heavy atom. The molecule has 17 heavy (non-hydrogen) atoms. The zero-order valence-electron chi connectivity index (χ0n) is 10.2. The highest BCUT2D eigenvalue weighted by atomic mass is 16.4. The molecule has 0 aromatic carbocycles. The van der Waals surface area contributed by atoms with Crippen LogP contribution >= 0.6 is 0 Å². The smallest absolute Gasteiger partial charge is 0.328 e. The van der Waals surface area contributed by atoms with Crippen molar-refractivity contribution in [2.75, 3.05) is 26.7 Å². The maximum atomic E-state index is 11.4. The van der Waals surface area contributed by atoms with Gasteiger partial charge in [-0.2, -0.15) is 0 Å². The number of hydrogen-bond donors (Lipinski definition) is 1. The first kappa shape index (κ1) is 12.1. The van der Waals surface area contributed by atoms with Crippen LogP contribution in [0.15, 0.2) is 22.8 Å². The van der Waals surface area contributed by atoms with E-state index >= 15 is 0 Å². The van der Waals surface area contributed by atoms with Crippen molar-refractivity contribution >= 4 is 5.97 Å². The van der Waals surface area contributed by atoms with Crippen LogP contribution < -0.4 is 0 Å². The second-order valence-electron chi connectivity index (χ2n) is 4.61. The van der Waals surface area contributed by atoms with E-state index in [-0.39, 0.29) is 6.04 Å². The Balaban J connectivity index is 2.20. The number of carbonyl (C=O) groups is 1. The number of likely N-dealkylation sites (N-methyl/N-ethyl adjacent to an activating group) is 1. The lowest BCUT2D eigenvalue weighted by Gasteiger charge is -2.40. The largest absolute Gasteiger partial charge is 0.480 e. The lowest BCUT2D eigenvalue weighted by atomic mass is 10.1. The molecule has 0 bridgehead atoms. The molecule has 2 unspecified atom stereocenters. The summed E-state index contributed by atoms with van der Waals surface area (Å²) in [5.41, 5.74) is 0. The van der Waals surface area contributed by atoms with Gasteiger partial charge in [-0.3, -0.25) is 9.69 Å². The quantitative estimate of drug-likeness (QED) is 0.852. The van der Waals surface area contributed by atoms with Crippen LogP contribution in [0.5, 0.6) is 0 Å². The summed E-state index contributed by atoms with van der Waals surface area (Å²) in [6.45, 7) is 4.56. The Bertz CT molecular complexity index is 377. The van der Waals surface area contributed by atoms with Gasteiger partial charge in [0.1, 0.15) is 5.76 Å². The van der Waals surface area contributed by atoms with Crippen LogP contribution in [-0.4, -0.2) is 53.6 Å². The van der Waals surface area contributed by atoms with Gasteiger partial charge < -0.3 is 14.4 Å². The first-order chi connectivity index (χ1) is 8.09. The van der Waals surface area contributed by atoms with Crippen LogP contribution in [0, 0.1) is 0 Å². The highest BCUT2D eigenvalue weighted by Gasteiger charge is 2.35. The summed E-state index contributed by atoms with van der Waals surface area (Å²) < 4.78 is 5.25. The van der Waals surface area contributed by atoms with Gasteiger partial charge in [0.25, 0.3) is 0 Å². The van der Waals surface area contributed by atoms with Crippen LogP contribution in [0.4, 0.5) is 0 Å². The van der Waals surface area contributed by atoms with Crippen molar-refractivity contribution in [2.24, 2.45) is 0 Å². The van der Waals surface area contributed by atoms with Crippen molar-refractivity contribution in [1.82, 2.24) is 9.80 Å². The third-order valence-electron chi connectivity index (χ3n) is 3.26. The average Bonchev–Trinajstić information content (AvgIpc) is 2.74. The minimum Gasteiger partial charge on any atom is -0.480 e. The SMILES string of the molecule is CC1CN(C)CCN1C(C(=O)O)c1ccco1. The minimum atomic E-state index is -0.851. The van der Waals surface area contributed by atoms with Crippen molar-refractivity contribution < 1.29 is 14.3 Å². The molecule has 1 saturated heterocycles. The van der Waals surface area contributed by atoms with Crippen LogP contribution in [-0.2, 0) is 4.79 Å². The van der Waals surface area contributed by atoms with E-state index in [0.717, 1.165) is 19.6 Å². The van der Waals surface area contributed by atoms with Gasteiger partial charge in [0.2, 0.25) is 0 Å². The van der Waals surface area contributed by atoms with E-state index in [1.807, 2.05) is 4.90 Å². The summed E-state index contributed by atoms with van der Waals surface area (Å²) >= 11 is 0. The summed E-state index contributed by atoms with van der Waals surface area (Å²) in [6, 6.07) is 2.99. The lowest BCUT2D eigenvalue weighted by Crippen LogP contribution is -2.53. The van der Waals surface area contributed by atoms with Gasteiger partial charge in [-0.1, -0.05) is 0 Å². The summed E-state index contributed by atoms with van der Waals surface area (Å²) in [6.07, 6.45) is 1.52. The summed E-state index contributed by atoms with van der Waals surface area (Å²) in [5.74, 6) is -0.342. The van der Waals surface area contributed by atoms with Crippen molar-refractivity contribution in [1.29, 1.82) is 0 Å². The van der Waals surface area contributed by atoms with Crippen molar-refractivity contribution in [3.63, 3.8) is 0 Å². The van der Waals surface area contributed by atoms with Crippen LogP contribution in [0.2, 0.25) is 0 Å². The predicted octanol–water partition coefficient (Wildman–Crippen LogP) is 1.04. The molecule has 0 aliphatic carbocycles. The molecule has 2 heterocycles. The number of hydrogen-bond acceptors (Lipinski definition) is 4. The molecule has 1 aliphatic rings. The molecular weight excluding hydrogens is 220 g/mol. The number of aliphatic carboxylic acids is 1. The molecule has 2 atom stereocenters. The maximum Gasteiger partial charge on any atom is 0.328 e. The van der Waals surface area contributed by atoms with E-state index in [4.69, 9.17) is 4.42 Å². The Morgan fingerprint density at radius 1 is 1.59 bits per heavy atom. The number of carboxylic acids is 1. The lowest BCUT2D eigenvalue weighted by molar-refractivity contribution is -0.146. The number of carboxylic acid groups (broad SMARTS) is 1. The van der Waals surface area contributed by atoms with Gasteiger partial charge in [-0.15, -0.1) is 0 Å². The molecule has 2 rings (SSSR count). The number of piperazine rings is 1. The second-order valence-corrected chi connectivity index (χ2v) is 4.61. The van der Waals surface area contributed by atoms with Crippen LogP contribution in [0.3, 0.4) is 0 Å². The number of furan rings is 1. The highest BCUT2D eigenvalue weighted by Crippen LogP contribution is 2.25. The van der Waals surface area contributed by atoms with Gasteiger partial charge in [0.15, 0.2) is 6.04 Å².